The average Bonchev–Trinajstić information content (AvgIpc) is 2.37. The summed E-state index contributed by atoms with van der Waals surface area (Å²) in [5.41, 5.74) is 3.38. The van der Waals surface area contributed by atoms with Gasteiger partial charge in [0, 0.05) is 18.8 Å². The summed E-state index contributed by atoms with van der Waals surface area (Å²) in [5.74, 6) is -0.294. The number of benzene rings is 1. The van der Waals surface area contributed by atoms with Crippen molar-refractivity contribution < 1.29 is 4.39 Å². The zero-order chi connectivity index (χ0) is 13.0. The van der Waals surface area contributed by atoms with E-state index in [4.69, 9.17) is 0 Å². The standard InChI is InChI=1S/C15H17FN2/c1-11-5-3-4-6-15(11)12(2)18-9-13-7-14(16)10-17-8-13/h3-8,10,12,18H,9H2,1-2H3/t12-/m0/s1. The molecule has 94 valence electrons. The first-order valence-corrected chi connectivity index (χ1v) is 6.05. The number of nitrogens with zero attached hydrogens (tertiary/aromatic N) is 1. The van der Waals surface area contributed by atoms with Gasteiger partial charge in [-0.25, -0.2) is 4.39 Å². The summed E-state index contributed by atoms with van der Waals surface area (Å²) in [7, 11) is 0. The van der Waals surface area contributed by atoms with Gasteiger partial charge in [-0.1, -0.05) is 24.3 Å². The molecule has 0 aliphatic carbocycles. The number of aromatic nitrogens is 1. The zero-order valence-corrected chi connectivity index (χ0v) is 10.7. The molecule has 0 aliphatic rings. The highest BCUT2D eigenvalue weighted by molar-refractivity contribution is 5.28. The van der Waals surface area contributed by atoms with Crippen LogP contribution in [-0.2, 0) is 6.54 Å². The predicted octanol–water partition coefficient (Wildman–Crippen LogP) is 3.38. The Morgan fingerprint density at radius 3 is 2.78 bits per heavy atom. The summed E-state index contributed by atoms with van der Waals surface area (Å²) in [6, 6.07) is 10.00. The fraction of sp³-hybridized carbons (Fsp3) is 0.267. The van der Waals surface area contributed by atoms with Crippen molar-refractivity contribution in [2.24, 2.45) is 0 Å². The molecule has 0 radical (unpaired) electrons. The van der Waals surface area contributed by atoms with Gasteiger partial charge in [0.15, 0.2) is 0 Å². The monoisotopic (exact) mass is 244 g/mol. The number of hydrogen-bond acceptors (Lipinski definition) is 2. The first kappa shape index (κ1) is 12.7. The van der Waals surface area contributed by atoms with E-state index in [1.54, 1.807) is 6.20 Å². The van der Waals surface area contributed by atoms with Crippen LogP contribution in [0.4, 0.5) is 4.39 Å². The van der Waals surface area contributed by atoms with Crippen LogP contribution in [0.2, 0.25) is 0 Å². The quantitative estimate of drug-likeness (QED) is 0.891. The molecule has 2 nitrogen and oxygen atoms in total. The number of halogens is 1. The Labute approximate surface area is 107 Å². The first-order chi connectivity index (χ1) is 8.66. The van der Waals surface area contributed by atoms with E-state index in [1.165, 1.54) is 23.4 Å². The van der Waals surface area contributed by atoms with Crippen LogP contribution in [0.25, 0.3) is 0 Å². The predicted molar refractivity (Wildman–Crippen MR) is 70.6 cm³/mol. The Morgan fingerprint density at radius 2 is 2.06 bits per heavy atom. The third-order valence-electron chi connectivity index (χ3n) is 3.03. The van der Waals surface area contributed by atoms with Gasteiger partial charge in [-0.15, -0.1) is 0 Å². The Morgan fingerprint density at radius 1 is 1.28 bits per heavy atom. The highest BCUT2D eigenvalue weighted by atomic mass is 19.1. The van der Waals surface area contributed by atoms with Gasteiger partial charge in [-0.05, 0) is 36.6 Å². The highest BCUT2D eigenvalue weighted by Crippen LogP contribution is 2.17. The molecule has 1 aromatic carbocycles. The second-order valence-electron chi connectivity index (χ2n) is 4.47. The second-order valence-corrected chi connectivity index (χ2v) is 4.47. The van der Waals surface area contributed by atoms with Crippen LogP contribution >= 0.6 is 0 Å². The number of pyridine rings is 1. The van der Waals surface area contributed by atoms with Crippen molar-refractivity contribution in [1.29, 1.82) is 0 Å². The fourth-order valence-corrected chi connectivity index (χ4v) is 2.01. The van der Waals surface area contributed by atoms with Crippen molar-refractivity contribution in [1.82, 2.24) is 10.3 Å². The molecular formula is C15H17FN2. The maximum Gasteiger partial charge on any atom is 0.141 e. The average molecular weight is 244 g/mol. The minimum atomic E-state index is -0.294. The van der Waals surface area contributed by atoms with Crippen molar-refractivity contribution in [3.63, 3.8) is 0 Å². The Kier molecular flexibility index (Phi) is 4.05. The van der Waals surface area contributed by atoms with Gasteiger partial charge < -0.3 is 5.32 Å². The van der Waals surface area contributed by atoms with Crippen molar-refractivity contribution >= 4 is 0 Å². The molecule has 0 spiro atoms. The van der Waals surface area contributed by atoms with Crippen LogP contribution < -0.4 is 5.32 Å². The number of nitrogens with one attached hydrogen (secondary N) is 1. The zero-order valence-electron chi connectivity index (χ0n) is 10.7. The van der Waals surface area contributed by atoms with Crippen molar-refractivity contribution in [3.05, 3.63) is 65.2 Å². The molecule has 3 heteroatoms. The SMILES string of the molecule is Cc1ccccc1[C@H](C)NCc1cncc(F)c1. The number of aryl methyl sites for hydroxylation is 1. The van der Waals surface area contributed by atoms with Crippen LogP contribution in [0.15, 0.2) is 42.7 Å². The third kappa shape index (κ3) is 3.14. The fourth-order valence-electron chi connectivity index (χ4n) is 2.01. The van der Waals surface area contributed by atoms with Crippen LogP contribution in [0, 0.1) is 12.7 Å². The lowest BCUT2D eigenvalue weighted by molar-refractivity contribution is 0.564. The Bertz CT molecular complexity index is 525. The molecule has 2 rings (SSSR count). The maximum absolute atomic E-state index is 13.0. The van der Waals surface area contributed by atoms with Gasteiger partial charge in [0.1, 0.15) is 5.82 Å². The highest BCUT2D eigenvalue weighted by Gasteiger charge is 2.07. The lowest BCUT2D eigenvalue weighted by Gasteiger charge is -2.16. The van der Waals surface area contributed by atoms with E-state index in [1.807, 2.05) is 12.1 Å². The summed E-state index contributed by atoms with van der Waals surface area (Å²) in [4.78, 5) is 3.84. The molecule has 0 fully saturated rings. The van der Waals surface area contributed by atoms with E-state index < -0.39 is 0 Å². The van der Waals surface area contributed by atoms with Crippen LogP contribution in [0.3, 0.4) is 0 Å². The summed E-state index contributed by atoms with van der Waals surface area (Å²) >= 11 is 0. The van der Waals surface area contributed by atoms with E-state index in [9.17, 15) is 4.39 Å². The molecule has 2 aromatic rings. The lowest BCUT2D eigenvalue weighted by Crippen LogP contribution is -2.19. The van der Waals surface area contributed by atoms with Gasteiger partial charge in [0.25, 0.3) is 0 Å². The Hall–Kier alpha value is -1.74. The molecule has 18 heavy (non-hydrogen) atoms. The summed E-state index contributed by atoms with van der Waals surface area (Å²) in [6.45, 7) is 4.81. The number of rotatable bonds is 4. The van der Waals surface area contributed by atoms with Crippen LogP contribution in [0.1, 0.15) is 29.7 Å². The lowest BCUT2D eigenvalue weighted by atomic mass is 10.0. The Balaban J connectivity index is 2.00. The normalized spacial score (nSPS) is 12.4. The molecule has 0 amide bonds. The van der Waals surface area contributed by atoms with E-state index in [0.717, 1.165) is 5.56 Å². The molecule has 1 aromatic heterocycles. The van der Waals surface area contributed by atoms with Gasteiger partial charge in [-0.2, -0.15) is 0 Å². The summed E-state index contributed by atoms with van der Waals surface area (Å²) in [5, 5.41) is 3.38. The van der Waals surface area contributed by atoms with Gasteiger partial charge in [0.05, 0.1) is 6.20 Å². The van der Waals surface area contributed by atoms with Gasteiger partial charge in [0.2, 0.25) is 0 Å². The van der Waals surface area contributed by atoms with E-state index in [2.05, 4.69) is 36.3 Å². The topological polar surface area (TPSA) is 24.9 Å². The minimum Gasteiger partial charge on any atom is -0.306 e. The minimum absolute atomic E-state index is 0.231. The molecule has 1 N–H and O–H groups in total. The molecule has 0 saturated heterocycles. The molecule has 1 atom stereocenters. The van der Waals surface area contributed by atoms with Crippen molar-refractivity contribution in [3.8, 4) is 0 Å². The van der Waals surface area contributed by atoms with E-state index in [-0.39, 0.29) is 11.9 Å². The van der Waals surface area contributed by atoms with Crippen molar-refractivity contribution in [2.45, 2.75) is 26.4 Å². The third-order valence-corrected chi connectivity index (χ3v) is 3.03. The molecule has 0 aliphatic heterocycles. The molecule has 0 bridgehead atoms. The van der Waals surface area contributed by atoms with Crippen LogP contribution in [0.5, 0.6) is 0 Å². The molecular weight excluding hydrogens is 227 g/mol. The largest absolute Gasteiger partial charge is 0.306 e. The summed E-state index contributed by atoms with van der Waals surface area (Å²) < 4.78 is 13.0. The van der Waals surface area contributed by atoms with E-state index in [0.29, 0.717) is 6.54 Å². The molecule has 1 heterocycles. The molecule has 0 saturated carbocycles. The number of hydrogen-bond donors (Lipinski definition) is 1. The summed E-state index contributed by atoms with van der Waals surface area (Å²) in [6.07, 6.45) is 2.90. The maximum atomic E-state index is 13.0. The first-order valence-electron chi connectivity index (χ1n) is 6.05. The van der Waals surface area contributed by atoms with Crippen LogP contribution in [-0.4, -0.2) is 4.98 Å². The van der Waals surface area contributed by atoms with Crippen molar-refractivity contribution in [2.75, 3.05) is 0 Å². The second kappa shape index (κ2) is 5.74. The van der Waals surface area contributed by atoms with Gasteiger partial charge in [-0.3, -0.25) is 4.98 Å². The molecule has 0 unspecified atom stereocenters. The van der Waals surface area contributed by atoms with Gasteiger partial charge >= 0.3 is 0 Å². The smallest absolute Gasteiger partial charge is 0.141 e. The van der Waals surface area contributed by atoms with E-state index >= 15 is 0 Å².